The number of carbonyl (C=O) groups is 1. The highest BCUT2D eigenvalue weighted by molar-refractivity contribution is 6.01. The molecule has 2 rings (SSSR count). The van der Waals surface area contributed by atoms with Gasteiger partial charge in [-0.15, -0.1) is 0 Å². The van der Waals surface area contributed by atoms with Crippen LogP contribution in [0.15, 0.2) is 24.3 Å². The molecule has 0 bridgehead atoms. The molecular formula is C23H30N2O2. The number of esters is 1. The standard InChI is InChI=1S/C23H30N2O2/c1-7-16(8-2)15-17-11-13-18(14-12-17)20-21(24-5)19(9-3)25(6)22(20)23(26)27-10-4/h11-14,16H,7-10,15H2,1-4,6H3. The lowest BCUT2D eigenvalue weighted by molar-refractivity contribution is 0.0516. The van der Waals surface area contributed by atoms with Gasteiger partial charge in [0.15, 0.2) is 0 Å². The molecule has 1 aromatic heterocycles. The van der Waals surface area contributed by atoms with Gasteiger partial charge in [0.2, 0.25) is 5.69 Å². The van der Waals surface area contributed by atoms with Gasteiger partial charge in [-0.25, -0.2) is 9.64 Å². The van der Waals surface area contributed by atoms with Crippen molar-refractivity contribution >= 4 is 11.7 Å². The third kappa shape index (κ3) is 4.24. The normalized spacial score (nSPS) is 10.9. The SMILES string of the molecule is [C-]#[N+]c1c(-c2ccc(CC(CC)CC)cc2)c(C(=O)OCC)n(C)c1CC. The molecule has 0 saturated heterocycles. The summed E-state index contributed by atoms with van der Waals surface area (Å²) in [6.07, 6.45) is 4.09. The molecule has 0 spiro atoms. The van der Waals surface area contributed by atoms with E-state index in [1.807, 2.05) is 30.7 Å². The number of ether oxygens (including phenoxy) is 1. The second-order valence-corrected chi connectivity index (χ2v) is 6.85. The number of hydrogen-bond donors (Lipinski definition) is 0. The summed E-state index contributed by atoms with van der Waals surface area (Å²) in [6, 6.07) is 8.30. The Labute approximate surface area is 163 Å². The Kier molecular flexibility index (Phi) is 7.24. The fourth-order valence-electron chi connectivity index (χ4n) is 3.67. The molecule has 4 nitrogen and oxygen atoms in total. The van der Waals surface area contributed by atoms with Crippen molar-refractivity contribution in [2.24, 2.45) is 13.0 Å². The summed E-state index contributed by atoms with van der Waals surface area (Å²) in [5.41, 5.74) is 4.76. The van der Waals surface area contributed by atoms with Gasteiger partial charge in [-0.05, 0) is 36.8 Å². The van der Waals surface area contributed by atoms with Crippen LogP contribution in [0.25, 0.3) is 16.0 Å². The Balaban J connectivity index is 2.53. The van der Waals surface area contributed by atoms with Gasteiger partial charge >= 0.3 is 5.97 Å². The zero-order valence-electron chi connectivity index (χ0n) is 17.1. The number of nitrogens with zero attached hydrogens (tertiary/aromatic N) is 2. The molecule has 144 valence electrons. The molecule has 0 saturated carbocycles. The van der Waals surface area contributed by atoms with E-state index in [0.29, 0.717) is 35.9 Å². The van der Waals surface area contributed by atoms with Crippen LogP contribution in [0.3, 0.4) is 0 Å². The second kappa shape index (κ2) is 9.41. The summed E-state index contributed by atoms with van der Waals surface area (Å²) in [7, 11) is 1.84. The molecule has 0 aliphatic carbocycles. The van der Waals surface area contributed by atoms with Crippen molar-refractivity contribution in [1.82, 2.24) is 4.57 Å². The van der Waals surface area contributed by atoms with E-state index < -0.39 is 0 Å². The highest BCUT2D eigenvalue weighted by Gasteiger charge is 2.26. The third-order valence-corrected chi connectivity index (χ3v) is 5.32. The molecule has 0 fully saturated rings. The Morgan fingerprint density at radius 1 is 1.15 bits per heavy atom. The van der Waals surface area contributed by atoms with Crippen molar-refractivity contribution in [2.45, 2.75) is 53.4 Å². The smallest absolute Gasteiger partial charge is 0.354 e. The Hall–Kier alpha value is -2.54. The number of rotatable bonds is 8. The van der Waals surface area contributed by atoms with Crippen LogP contribution in [0.1, 0.15) is 62.3 Å². The summed E-state index contributed by atoms with van der Waals surface area (Å²) >= 11 is 0. The van der Waals surface area contributed by atoms with Gasteiger partial charge in [0, 0.05) is 18.3 Å². The predicted molar refractivity (Wildman–Crippen MR) is 110 cm³/mol. The predicted octanol–water partition coefficient (Wildman–Crippen LogP) is 5.96. The van der Waals surface area contributed by atoms with Crippen molar-refractivity contribution in [2.75, 3.05) is 6.61 Å². The molecule has 1 aromatic carbocycles. The van der Waals surface area contributed by atoms with E-state index in [-0.39, 0.29) is 5.97 Å². The van der Waals surface area contributed by atoms with E-state index in [9.17, 15) is 4.79 Å². The fourth-order valence-corrected chi connectivity index (χ4v) is 3.67. The van der Waals surface area contributed by atoms with Crippen LogP contribution < -0.4 is 0 Å². The number of benzene rings is 1. The van der Waals surface area contributed by atoms with Crippen LogP contribution in [0, 0.1) is 12.5 Å². The van der Waals surface area contributed by atoms with E-state index in [2.05, 4.69) is 30.8 Å². The quantitative estimate of drug-likeness (QED) is 0.427. The highest BCUT2D eigenvalue weighted by Crippen LogP contribution is 2.40. The van der Waals surface area contributed by atoms with Gasteiger partial charge in [0.25, 0.3) is 0 Å². The topological polar surface area (TPSA) is 35.6 Å². The molecule has 0 unspecified atom stereocenters. The van der Waals surface area contributed by atoms with E-state index in [1.54, 1.807) is 6.92 Å². The molecule has 1 heterocycles. The number of carbonyl (C=O) groups excluding carboxylic acids is 1. The van der Waals surface area contributed by atoms with Crippen molar-refractivity contribution in [3.05, 3.63) is 52.6 Å². The number of hydrogen-bond acceptors (Lipinski definition) is 2. The first kappa shape index (κ1) is 20.8. The monoisotopic (exact) mass is 366 g/mol. The minimum absolute atomic E-state index is 0.312. The van der Waals surface area contributed by atoms with Crippen LogP contribution in [-0.4, -0.2) is 17.1 Å². The molecule has 0 aliphatic rings. The van der Waals surface area contributed by atoms with Gasteiger partial charge in [-0.1, -0.05) is 57.9 Å². The molecule has 27 heavy (non-hydrogen) atoms. The summed E-state index contributed by atoms with van der Waals surface area (Å²) in [4.78, 5) is 16.4. The van der Waals surface area contributed by atoms with Crippen LogP contribution >= 0.6 is 0 Å². The zero-order valence-corrected chi connectivity index (χ0v) is 17.1. The molecule has 2 aromatic rings. The van der Waals surface area contributed by atoms with Crippen LogP contribution in [0.5, 0.6) is 0 Å². The van der Waals surface area contributed by atoms with E-state index in [1.165, 1.54) is 18.4 Å². The lowest BCUT2D eigenvalue weighted by Crippen LogP contribution is -2.12. The van der Waals surface area contributed by atoms with Gasteiger partial charge in [-0.2, -0.15) is 0 Å². The van der Waals surface area contributed by atoms with Crippen molar-refractivity contribution in [1.29, 1.82) is 0 Å². The first-order valence-corrected chi connectivity index (χ1v) is 9.87. The molecule has 4 heteroatoms. The highest BCUT2D eigenvalue weighted by atomic mass is 16.5. The first-order valence-electron chi connectivity index (χ1n) is 9.87. The van der Waals surface area contributed by atoms with E-state index in [4.69, 9.17) is 11.3 Å². The van der Waals surface area contributed by atoms with Crippen LogP contribution in [-0.2, 0) is 24.6 Å². The fraction of sp³-hybridized carbons (Fsp3) is 0.478. The second-order valence-electron chi connectivity index (χ2n) is 6.85. The van der Waals surface area contributed by atoms with Gasteiger partial charge in [-0.3, -0.25) is 0 Å². The van der Waals surface area contributed by atoms with Crippen LogP contribution in [0.2, 0.25) is 0 Å². The summed E-state index contributed by atoms with van der Waals surface area (Å²) in [5, 5.41) is 0. The molecule has 0 atom stereocenters. The van der Waals surface area contributed by atoms with Crippen molar-refractivity contribution in [3.8, 4) is 11.1 Å². The van der Waals surface area contributed by atoms with Gasteiger partial charge < -0.3 is 9.30 Å². The Morgan fingerprint density at radius 2 is 1.78 bits per heavy atom. The van der Waals surface area contributed by atoms with E-state index in [0.717, 1.165) is 17.7 Å². The summed E-state index contributed by atoms with van der Waals surface area (Å²) < 4.78 is 7.09. The molecule has 0 radical (unpaired) electrons. The lowest BCUT2D eigenvalue weighted by atomic mass is 9.93. The van der Waals surface area contributed by atoms with Crippen molar-refractivity contribution < 1.29 is 9.53 Å². The zero-order chi connectivity index (χ0) is 20.0. The summed E-state index contributed by atoms with van der Waals surface area (Å²) in [5.74, 6) is 0.314. The third-order valence-electron chi connectivity index (χ3n) is 5.32. The van der Waals surface area contributed by atoms with Gasteiger partial charge in [0.05, 0.1) is 13.2 Å². The van der Waals surface area contributed by atoms with Crippen molar-refractivity contribution in [3.63, 3.8) is 0 Å². The molecular weight excluding hydrogens is 336 g/mol. The minimum Gasteiger partial charge on any atom is -0.461 e. The maximum atomic E-state index is 12.6. The number of aromatic nitrogens is 1. The molecule has 0 N–H and O–H groups in total. The lowest BCUT2D eigenvalue weighted by Gasteiger charge is -2.13. The molecule has 0 amide bonds. The molecule has 0 aliphatic heterocycles. The maximum absolute atomic E-state index is 12.6. The average Bonchev–Trinajstić information content (AvgIpc) is 2.98. The van der Waals surface area contributed by atoms with Crippen LogP contribution in [0.4, 0.5) is 5.69 Å². The average molecular weight is 367 g/mol. The Bertz CT molecular complexity index is 822. The largest absolute Gasteiger partial charge is 0.461 e. The first-order chi connectivity index (χ1) is 13.0. The van der Waals surface area contributed by atoms with Gasteiger partial charge in [0.1, 0.15) is 5.69 Å². The summed E-state index contributed by atoms with van der Waals surface area (Å²) in [6.45, 7) is 16.2. The van der Waals surface area contributed by atoms with E-state index >= 15 is 0 Å². The maximum Gasteiger partial charge on any atom is 0.354 e. The minimum atomic E-state index is -0.374. The Morgan fingerprint density at radius 3 is 2.26 bits per heavy atom.